The predicted octanol–water partition coefficient (Wildman–Crippen LogP) is 1.24. The van der Waals surface area contributed by atoms with E-state index in [0.717, 1.165) is 12.2 Å². The summed E-state index contributed by atoms with van der Waals surface area (Å²) < 4.78 is 5.50. The molecule has 1 heterocycles. The lowest BCUT2D eigenvalue weighted by atomic mass is 10.2. The zero-order chi connectivity index (χ0) is 11.4. The first-order valence-corrected chi connectivity index (χ1v) is 5.13. The lowest BCUT2D eigenvalue weighted by Gasteiger charge is -2.04. The molecule has 0 saturated carbocycles. The Morgan fingerprint density at radius 3 is 3.00 bits per heavy atom. The first kappa shape index (κ1) is 10.5. The van der Waals surface area contributed by atoms with Gasteiger partial charge in [-0.1, -0.05) is 19.1 Å². The van der Waals surface area contributed by atoms with Crippen LogP contribution < -0.4 is 10.4 Å². The van der Waals surface area contributed by atoms with Gasteiger partial charge in [0.1, 0.15) is 12.4 Å². The summed E-state index contributed by atoms with van der Waals surface area (Å²) in [5, 5.41) is 6.04. The Morgan fingerprint density at radius 2 is 2.31 bits per heavy atom. The van der Waals surface area contributed by atoms with Crippen LogP contribution in [0, 0.1) is 0 Å². The van der Waals surface area contributed by atoms with Crippen molar-refractivity contribution in [1.29, 1.82) is 0 Å². The lowest BCUT2D eigenvalue weighted by molar-refractivity contribution is 0.296. The number of nitrogens with zero attached hydrogens (tertiary/aromatic N) is 1. The molecule has 0 aliphatic heterocycles. The Labute approximate surface area is 92.5 Å². The van der Waals surface area contributed by atoms with Crippen LogP contribution in [0.3, 0.4) is 0 Å². The van der Waals surface area contributed by atoms with E-state index in [1.807, 2.05) is 24.3 Å². The molecule has 0 aliphatic carbocycles. The summed E-state index contributed by atoms with van der Waals surface area (Å²) in [6.07, 6.45) is 0.969. The second-order valence-corrected chi connectivity index (χ2v) is 3.41. The van der Waals surface area contributed by atoms with Crippen molar-refractivity contribution in [3.05, 3.63) is 46.1 Å². The van der Waals surface area contributed by atoms with Crippen molar-refractivity contribution in [2.24, 2.45) is 0 Å². The molecule has 5 nitrogen and oxygen atoms in total. The minimum atomic E-state index is -0.319. The van der Waals surface area contributed by atoms with E-state index in [2.05, 4.69) is 22.1 Å². The lowest BCUT2D eigenvalue weighted by Crippen LogP contribution is -2.03. The van der Waals surface area contributed by atoms with Gasteiger partial charge in [-0.2, -0.15) is 5.10 Å². The maximum Gasteiger partial charge on any atom is 0.340 e. The monoisotopic (exact) mass is 219 g/mol. The zero-order valence-corrected chi connectivity index (χ0v) is 8.99. The molecule has 0 aliphatic rings. The molecule has 1 aromatic carbocycles. The van der Waals surface area contributed by atoms with E-state index in [0.29, 0.717) is 5.82 Å². The van der Waals surface area contributed by atoms with Crippen LogP contribution in [0.4, 0.5) is 0 Å². The second-order valence-electron chi connectivity index (χ2n) is 3.41. The third-order valence-electron chi connectivity index (χ3n) is 2.23. The standard InChI is InChI=1S/C11H13N3O2/c1-2-8-4-3-5-9(6-8)16-7-10-12-11(15)14-13-10/h3-6H,2,7H2,1H3,(H2,12,13,14,15). The molecule has 0 fully saturated rings. The van der Waals surface area contributed by atoms with Crippen molar-refractivity contribution in [3.63, 3.8) is 0 Å². The molecular formula is C11H13N3O2. The van der Waals surface area contributed by atoms with Crippen molar-refractivity contribution >= 4 is 0 Å². The van der Waals surface area contributed by atoms with E-state index in [9.17, 15) is 4.79 Å². The second kappa shape index (κ2) is 4.65. The molecule has 5 heteroatoms. The summed E-state index contributed by atoms with van der Waals surface area (Å²) in [5.74, 6) is 1.27. The van der Waals surface area contributed by atoms with Gasteiger partial charge in [-0.25, -0.2) is 9.89 Å². The fraction of sp³-hybridized carbons (Fsp3) is 0.273. The van der Waals surface area contributed by atoms with E-state index < -0.39 is 0 Å². The van der Waals surface area contributed by atoms with Crippen LogP contribution in [0.25, 0.3) is 0 Å². The molecule has 0 radical (unpaired) electrons. The molecule has 1 aromatic heterocycles. The first-order valence-electron chi connectivity index (χ1n) is 5.13. The topological polar surface area (TPSA) is 70.8 Å². The maximum atomic E-state index is 10.8. The molecule has 0 atom stereocenters. The van der Waals surface area contributed by atoms with Gasteiger partial charge in [0, 0.05) is 0 Å². The average molecular weight is 219 g/mol. The molecule has 84 valence electrons. The fourth-order valence-corrected chi connectivity index (χ4v) is 1.38. The van der Waals surface area contributed by atoms with Gasteiger partial charge in [0.15, 0.2) is 5.82 Å². The smallest absolute Gasteiger partial charge is 0.340 e. The Morgan fingerprint density at radius 1 is 1.44 bits per heavy atom. The van der Waals surface area contributed by atoms with E-state index in [1.165, 1.54) is 5.56 Å². The number of rotatable bonds is 4. The summed E-state index contributed by atoms with van der Waals surface area (Å²) >= 11 is 0. The Bertz CT molecular complexity index is 516. The molecule has 0 saturated heterocycles. The van der Waals surface area contributed by atoms with Crippen LogP contribution in [0.15, 0.2) is 29.1 Å². The van der Waals surface area contributed by atoms with Crippen molar-refractivity contribution in [2.75, 3.05) is 0 Å². The summed E-state index contributed by atoms with van der Waals surface area (Å²) in [5.41, 5.74) is 0.897. The SMILES string of the molecule is CCc1cccc(OCc2n[nH]c(=O)[nH]2)c1. The number of hydrogen-bond acceptors (Lipinski definition) is 3. The quantitative estimate of drug-likeness (QED) is 0.812. The summed E-state index contributed by atoms with van der Waals surface area (Å²) in [6, 6.07) is 7.85. The minimum Gasteiger partial charge on any atom is -0.486 e. The number of nitrogens with one attached hydrogen (secondary N) is 2. The van der Waals surface area contributed by atoms with Crippen molar-refractivity contribution in [2.45, 2.75) is 20.0 Å². The summed E-state index contributed by atoms with van der Waals surface area (Å²) in [7, 11) is 0. The summed E-state index contributed by atoms with van der Waals surface area (Å²) in [4.78, 5) is 13.3. The van der Waals surface area contributed by atoms with E-state index in [-0.39, 0.29) is 12.3 Å². The van der Waals surface area contributed by atoms with E-state index in [1.54, 1.807) is 0 Å². The van der Waals surface area contributed by atoms with Crippen molar-refractivity contribution in [1.82, 2.24) is 15.2 Å². The molecular weight excluding hydrogens is 206 g/mol. The number of aromatic nitrogens is 3. The van der Waals surface area contributed by atoms with Crippen LogP contribution in [0.2, 0.25) is 0 Å². The van der Waals surface area contributed by atoms with Gasteiger partial charge in [0.25, 0.3) is 0 Å². The predicted molar refractivity (Wildman–Crippen MR) is 59.4 cm³/mol. The van der Waals surface area contributed by atoms with Gasteiger partial charge >= 0.3 is 5.69 Å². The van der Waals surface area contributed by atoms with Crippen LogP contribution in [0.5, 0.6) is 5.75 Å². The molecule has 2 N–H and O–H groups in total. The Kier molecular flexibility index (Phi) is 3.05. The number of hydrogen-bond donors (Lipinski definition) is 2. The highest BCUT2D eigenvalue weighted by Crippen LogP contribution is 2.14. The number of H-pyrrole nitrogens is 2. The van der Waals surface area contributed by atoms with Gasteiger partial charge in [-0.3, -0.25) is 4.98 Å². The van der Waals surface area contributed by atoms with E-state index >= 15 is 0 Å². The highest BCUT2D eigenvalue weighted by Gasteiger charge is 2.00. The van der Waals surface area contributed by atoms with Crippen molar-refractivity contribution < 1.29 is 4.74 Å². The van der Waals surface area contributed by atoms with Gasteiger partial charge < -0.3 is 4.74 Å². The molecule has 0 bridgehead atoms. The molecule has 2 rings (SSSR count). The number of aryl methyl sites for hydroxylation is 1. The molecule has 2 aromatic rings. The van der Waals surface area contributed by atoms with Gasteiger partial charge in [-0.15, -0.1) is 0 Å². The van der Waals surface area contributed by atoms with Crippen LogP contribution in [-0.2, 0) is 13.0 Å². The van der Waals surface area contributed by atoms with Crippen LogP contribution >= 0.6 is 0 Å². The molecule has 0 unspecified atom stereocenters. The minimum absolute atomic E-state index is 0.256. The highest BCUT2D eigenvalue weighted by atomic mass is 16.5. The van der Waals surface area contributed by atoms with E-state index in [4.69, 9.17) is 4.74 Å². The van der Waals surface area contributed by atoms with Crippen LogP contribution in [0.1, 0.15) is 18.3 Å². The molecule has 16 heavy (non-hydrogen) atoms. The maximum absolute atomic E-state index is 10.8. The number of benzene rings is 1. The Balaban J connectivity index is 2.01. The third-order valence-corrected chi connectivity index (χ3v) is 2.23. The van der Waals surface area contributed by atoms with Gasteiger partial charge in [0.05, 0.1) is 0 Å². The third kappa shape index (κ3) is 2.50. The molecule has 0 amide bonds. The van der Waals surface area contributed by atoms with Gasteiger partial charge in [-0.05, 0) is 24.1 Å². The number of aromatic amines is 2. The van der Waals surface area contributed by atoms with Crippen LogP contribution in [-0.4, -0.2) is 15.2 Å². The Hall–Kier alpha value is -2.04. The largest absolute Gasteiger partial charge is 0.486 e. The fourth-order valence-electron chi connectivity index (χ4n) is 1.38. The highest BCUT2D eigenvalue weighted by molar-refractivity contribution is 5.28. The zero-order valence-electron chi connectivity index (χ0n) is 8.99. The number of ether oxygens (including phenoxy) is 1. The first-order chi connectivity index (χ1) is 7.78. The summed E-state index contributed by atoms with van der Waals surface area (Å²) in [6.45, 7) is 2.34. The average Bonchev–Trinajstić information content (AvgIpc) is 2.73. The molecule has 0 spiro atoms. The van der Waals surface area contributed by atoms with Crippen molar-refractivity contribution in [3.8, 4) is 5.75 Å². The normalized spacial score (nSPS) is 10.3. The van der Waals surface area contributed by atoms with Gasteiger partial charge in [0.2, 0.25) is 0 Å².